The zero-order valence-corrected chi connectivity index (χ0v) is 10.8. The van der Waals surface area contributed by atoms with Crippen molar-refractivity contribution in [3.05, 3.63) is 28.6 Å². The topological polar surface area (TPSA) is 152 Å². The molecule has 0 aliphatic rings. The minimum Gasteiger partial charge on any atom is -0.481 e. The molecule has 9 nitrogen and oxygen atoms in total. The first-order chi connectivity index (χ1) is 9.43. The van der Waals surface area contributed by atoms with Crippen LogP contribution in [-0.2, 0) is 20.7 Å². The maximum atomic E-state index is 11.5. The van der Waals surface area contributed by atoms with Gasteiger partial charge in [0.25, 0.3) is 0 Å². The summed E-state index contributed by atoms with van der Waals surface area (Å²) in [5.41, 5.74) is 8.51. The largest absolute Gasteiger partial charge is 0.481 e. The van der Waals surface area contributed by atoms with Crippen LogP contribution < -0.4 is 5.32 Å². The van der Waals surface area contributed by atoms with Gasteiger partial charge in [0.15, 0.2) is 11.1 Å². The van der Waals surface area contributed by atoms with Crippen LogP contribution in [0.25, 0.3) is 10.4 Å². The normalized spacial score (nSPS) is 11.2. The van der Waals surface area contributed by atoms with E-state index in [1.165, 1.54) is 12.1 Å². The first-order valence-corrected chi connectivity index (χ1v) is 6.36. The number of aliphatic carboxylic acids is 1. The molecule has 1 aromatic rings. The van der Waals surface area contributed by atoms with E-state index < -0.39 is 23.0 Å². The lowest BCUT2D eigenvalue weighted by molar-refractivity contribution is -0.138. The Kier molecular flexibility index (Phi) is 5.66. The van der Waals surface area contributed by atoms with Crippen LogP contribution in [0.2, 0.25) is 0 Å². The zero-order valence-electron chi connectivity index (χ0n) is 10.0. The van der Waals surface area contributed by atoms with Crippen LogP contribution in [0.3, 0.4) is 0 Å². The molecule has 1 atom stereocenters. The average molecular weight is 298 g/mol. The summed E-state index contributed by atoms with van der Waals surface area (Å²) in [7, 11) is 0. The lowest BCUT2D eigenvalue weighted by Crippen LogP contribution is -2.13. The van der Waals surface area contributed by atoms with Crippen molar-refractivity contribution in [3.63, 3.8) is 0 Å². The summed E-state index contributed by atoms with van der Waals surface area (Å²) in [6.07, 6.45) is -0.569. The minimum atomic E-state index is -2.25. The van der Waals surface area contributed by atoms with Gasteiger partial charge in [0.2, 0.25) is 5.91 Å². The Morgan fingerprint density at radius 3 is 2.65 bits per heavy atom. The van der Waals surface area contributed by atoms with Crippen LogP contribution in [0, 0.1) is 0 Å². The molecule has 20 heavy (non-hydrogen) atoms. The van der Waals surface area contributed by atoms with Gasteiger partial charge in [-0.15, -0.1) is 0 Å². The van der Waals surface area contributed by atoms with Crippen molar-refractivity contribution in [1.29, 1.82) is 0 Å². The van der Waals surface area contributed by atoms with Crippen molar-refractivity contribution >= 4 is 34.3 Å². The van der Waals surface area contributed by atoms with E-state index >= 15 is 0 Å². The number of nitrogens with zero attached hydrogens (tertiary/aromatic N) is 3. The quantitative estimate of drug-likeness (QED) is 0.317. The maximum Gasteiger partial charge on any atom is 0.303 e. The molecule has 0 aliphatic heterocycles. The summed E-state index contributed by atoms with van der Waals surface area (Å²) in [6.45, 7) is 0. The molecule has 0 radical (unpaired) electrons. The molecule has 0 spiro atoms. The van der Waals surface area contributed by atoms with Crippen molar-refractivity contribution in [2.45, 2.75) is 17.7 Å². The van der Waals surface area contributed by atoms with Crippen LogP contribution in [0.15, 0.2) is 28.2 Å². The monoisotopic (exact) mass is 298 g/mol. The molecule has 1 unspecified atom stereocenters. The van der Waals surface area contributed by atoms with Gasteiger partial charge in [0, 0.05) is 11.3 Å². The molecule has 0 aromatic heterocycles. The molecule has 0 saturated carbocycles. The van der Waals surface area contributed by atoms with Crippen molar-refractivity contribution in [2.24, 2.45) is 5.11 Å². The molecule has 1 aromatic carbocycles. The van der Waals surface area contributed by atoms with Crippen molar-refractivity contribution in [3.8, 4) is 0 Å². The summed E-state index contributed by atoms with van der Waals surface area (Å²) < 4.78 is 19.8. The zero-order chi connectivity index (χ0) is 15.1. The van der Waals surface area contributed by atoms with Gasteiger partial charge in [-0.25, -0.2) is 4.21 Å². The fraction of sp³-hybridized carbons (Fsp3) is 0.200. The SMILES string of the molecule is [N-]=[N+]=Nc1cc(S(=O)O)ccc1NC(=O)CCC(=O)O. The lowest BCUT2D eigenvalue weighted by Gasteiger charge is -2.08. The molecule has 0 bridgehead atoms. The Morgan fingerprint density at radius 2 is 2.10 bits per heavy atom. The first-order valence-electron chi connectivity index (χ1n) is 5.25. The number of benzene rings is 1. The Hall–Kier alpha value is -2.42. The number of carboxylic acids is 1. The Labute approximate surface area is 115 Å². The average Bonchev–Trinajstić information content (AvgIpc) is 2.38. The molecule has 0 aliphatic carbocycles. The highest BCUT2D eigenvalue weighted by Gasteiger charge is 2.10. The van der Waals surface area contributed by atoms with Gasteiger partial charge in [-0.2, -0.15) is 0 Å². The van der Waals surface area contributed by atoms with Gasteiger partial charge >= 0.3 is 5.97 Å². The molecule has 0 fully saturated rings. The number of carbonyl (C=O) groups is 2. The Bertz CT molecular complexity index is 612. The van der Waals surface area contributed by atoms with E-state index in [0.717, 1.165) is 6.07 Å². The summed E-state index contributed by atoms with van der Waals surface area (Å²) in [5, 5.41) is 14.1. The highest BCUT2D eigenvalue weighted by atomic mass is 32.2. The van der Waals surface area contributed by atoms with Crippen LogP contribution in [0.4, 0.5) is 11.4 Å². The number of nitrogens with one attached hydrogen (secondary N) is 1. The summed E-state index contributed by atoms with van der Waals surface area (Å²) in [5.74, 6) is -1.68. The van der Waals surface area contributed by atoms with Crippen LogP contribution >= 0.6 is 0 Å². The second kappa shape index (κ2) is 7.24. The predicted molar refractivity (Wildman–Crippen MR) is 69.8 cm³/mol. The van der Waals surface area contributed by atoms with E-state index in [2.05, 4.69) is 15.3 Å². The number of rotatable bonds is 6. The van der Waals surface area contributed by atoms with Crippen LogP contribution in [0.5, 0.6) is 0 Å². The van der Waals surface area contributed by atoms with Crippen LogP contribution in [-0.4, -0.2) is 25.7 Å². The van der Waals surface area contributed by atoms with E-state index in [1.54, 1.807) is 0 Å². The van der Waals surface area contributed by atoms with Crippen molar-refractivity contribution in [1.82, 2.24) is 0 Å². The van der Waals surface area contributed by atoms with E-state index in [0.29, 0.717) is 0 Å². The first kappa shape index (κ1) is 15.6. The standard InChI is InChI=1S/C10H10N4O5S/c11-14-13-8-5-6(20(18)19)1-2-7(8)12-9(15)3-4-10(16)17/h1-2,5H,3-4H2,(H,12,15)(H,16,17)(H,18,19). The number of carboxylic acid groups (broad SMARTS) is 1. The number of anilines is 1. The Morgan fingerprint density at radius 1 is 1.40 bits per heavy atom. The number of carbonyl (C=O) groups excluding carboxylic acids is 1. The van der Waals surface area contributed by atoms with Gasteiger partial charge in [-0.05, 0) is 23.7 Å². The van der Waals surface area contributed by atoms with E-state index in [4.69, 9.17) is 15.2 Å². The summed E-state index contributed by atoms with van der Waals surface area (Å²) in [4.78, 5) is 24.4. The fourth-order valence-electron chi connectivity index (χ4n) is 1.29. The smallest absolute Gasteiger partial charge is 0.303 e. The van der Waals surface area contributed by atoms with Gasteiger partial charge in [0.1, 0.15) is 0 Å². The molecule has 1 rings (SSSR count). The van der Waals surface area contributed by atoms with Gasteiger partial charge in [-0.1, -0.05) is 5.11 Å². The predicted octanol–water partition coefficient (Wildman–Crippen LogP) is 2.01. The van der Waals surface area contributed by atoms with E-state index in [9.17, 15) is 13.8 Å². The van der Waals surface area contributed by atoms with Crippen molar-refractivity contribution in [2.75, 3.05) is 5.32 Å². The Balaban J connectivity index is 2.94. The molecule has 0 saturated heterocycles. The molecular weight excluding hydrogens is 288 g/mol. The van der Waals surface area contributed by atoms with E-state index in [-0.39, 0.29) is 29.1 Å². The minimum absolute atomic E-state index is 0.0101. The third kappa shape index (κ3) is 4.69. The third-order valence-electron chi connectivity index (χ3n) is 2.16. The van der Waals surface area contributed by atoms with Gasteiger partial charge in [0.05, 0.1) is 22.7 Å². The number of hydrogen-bond acceptors (Lipinski definition) is 4. The van der Waals surface area contributed by atoms with Crippen LogP contribution in [0.1, 0.15) is 12.8 Å². The van der Waals surface area contributed by atoms with Crippen molar-refractivity contribution < 1.29 is 23.5 Å². The fourth-order valence-corrected chi connectivity index (χ4v) is 1.69. The molecular formula is C10H10N4O5S. The highest BCUT2D eigenvalue weighted by molar-refractivity contribution is 7.79. The maximum absolute atomic E-state index is 11.5. The molecule has 1 amide bonds. The lowest BCUT2D eigenvalue weighted by atomic mass is 10.2. The molecule has 10 heteroatoms. The molecule has 0 heterocycles. The second-order valence-corrected chi connectivity index (χ2v) is 4.53. The second-order valence-electron chi connectivity index (χ2n) is 3.56. The summed E-state index contributed by atoms with van der Waals surface area (Å²) in [6, 6.07) is 3.73. The van der Waals surface area contributed by atoms with Gasteiger partial charge in [-0.3, -0.25) is 9.59 Å². The number of amides is 1. The molecule has 3 N–H and O–H groups in total. The highest BCUT2D eigenvalue weighted by Crippen LogP contribution is 2.27. The molecule has 106 valence electrons. The summed E-state index contributed by atoms with van der Waals surface area (Å²) >= 11 is -2.25. The number of azide groups is 1. The van der Waals surface area contributed by atoms with Gasteiger partial charge < -0.3 is 15.0 Å². The van der Waals surface area contributed by atoms with E-state index in [1.807, 2.05) is 0 Å². The third-order valence-corrected chi connectivity index (χ3v) is 2.82. The number of hydrogen-bond donors (Lipinski definition) is 3.